The zero-order valence-corrected chi connectivity index (χ0v) is 13.9. The van der Waals surface area contributed by atoms with E-state index in [0.29, 0.717) is 5.02 Å². The molecule has 2 aromatic rings. The molecule has 112 valence electrons. The maximum atomic E-state index is 13.2. The third kappa shape index (κ3) is 2.70. The second-order valence-electron chi connectivity index (χ2n) is 5.68. The monoisotopic (exact) mass is 305 g/mol. The lowest BCUT2D eigenvalue weighted by Gasteiger charge is -2.24. The van der Waals surface area contributed by atoms with Crippen molar-refractivity contribution in [2.45, 2.75) is 40.7 Å². The first-order valence-electron chi connectivity index (χ1n) is 7.03. The largest absolute Gasteiger partial charge is 0.320 e. The molecular weight excluding hydrogens is 285 g/mol. The van der Waals surface area contributed by atoms with Gasteiger partial charge in [-0.25, -0.2) is 4.39 Å². The highest BCUT2D eigenvalue weighted by atomic mass is 35.5. The number of rotatable bonds is 2. The van der Waals surface area contributed by atoms with Gasteiger partial charge in [-0.05, 0) is 85.7 Å². The molecule has 3 heteroatoms. The molecule has 0 aliphatic carbocycles. The predicted octanol–water partition coefficient (Wildman–Crippen LogP) is 5.07. The van der Waals surface area contributed by atoms with Gasteiger partial charge in [0.2, 0.25) is 0 Å². The summed E-state index contributed by atoms with van der Waals surface area (Å²) in [5.41, 5.74) is 14.5. The normalized spacial score (nSPS) is 12.6. The topological polar surface area (TPSA) is 26.0 Å². The Bertz CT molecular complexity index is 678. The fourth-order valence-corrected chi connectivity index (χ4v) is 3.19. The number of nitrogens with two attached hydrogens (primary N) is 1. The summed E-state index contributed by atoms with van der Waals surface area (Å²) in [6.45, 7) is 10.5. The quantitative estimate of drug-likeness (QED) is 0.823. The number of hydrogen-bond acceptors (Lipinski definition) is 1. The summed E-state index contributed by atoms with van der Waals surface area (Å²) >= 11 is 6.17. The van der Waals surface area contributed by atoms with Gasteiger partial charge in [0.05, 0.1) is 6.04 Å². The van der Waals surface area contributed by atoms with E-state index in [1.54, 1.807) is 6.07 Å². The molecule has 1 nitrogen and oxygen atoms in total. The first-order chi connectivity index (χ1) is 9.75. The van der Waals surface area contributed by atoms with Crippen LogP contribution in [0.5, 0.6) is 0 Å². The molecule has 0 heterocycles. The first-order valence-corrected chi connectivity index (χ1v) is 7.40. The standard InChI is InChI=1S/C18H21ClFN/c1-9-10(2)12(4)17(13(5)11(9)3)18(21)15-7-6-14(20)8-16(15)19/h6-8,18H,21H2,1-5H3. The third-order valence-electron chi connectivity index (χ3n) is 4.67. The van der Waals surface area contributed by atoms with Gasteiger partial charge in [-0.1, -0.05) is 17.7 Å². The molecule has 0 bridgehead atoms. The van der Waals surface area contributed by atoms with E-state index < -0.39 is 0 Å². The third-order valence-corrected chi connectivity index (χ3v) is 4.99. The van der Waals surface area contributed by atoms with Crippen molar-refractivity contribution >= 4 is 11.6 Å². The van der Waals surface area contributed by atoms with Crippen LogP contribution in [0.2, 0.25) is 5.02 Å². The molecule has 0 saturated carbocycles. The Morgan fingerprint density at radius 1 is 0.905 bits per heavy atom. The molecule has 2 rings (SSSR count). The fraction of sp³-hybridized carbons (Fsp3) is 0.333. The van der Waals surface area contributed by atoms with Gasteiger partial charge in [-0.15, -0.1) is 0 Å². The molecule has 0 amide bonds. The molecule has 0 spiro atoms. The van der Waals surface area contributed by atoms with Gasteiger partial charge in [0.15, 0.2) is 0 Å². The van der Waals surface area contributed by atoms with Gasteiger partial charge in [0.1, 0.15) is 5.82 Å². The van der Waals surface area contributed by atoms with Crippen LogP contribution in [-0.2, 0) is 0 Å². The van der Waals surface area contributed by atoms with E-state index in [4.69, 9.17) is 17.3 Å². The van der Waals surface area contributed by atoms with Gasteiger partial charge in [-0.3, -0.25) is 0 Å². The lowest BCUT2D eigenvalue weighted by molar-refractivity contribution is 0.626. The number of halogens is 2. The van der Waals surface area contributed by atoms with Gasteiger partial charge >= 0.3 is 0 Å². The highest BCUT2D eigenvalue weighted by Crippen LogP contribution is 2.34. The average molecular weight is 306 g/mol. The second-order valence-corrected chi connectivity index (χ2v) is 6.09. The van der Waals surface area contributed by atoms with Crippen molar-refractivity contribution in [1.82, 2.24) is 0 Å². The van der Waals surface area contributed by atoms with Crippen LogP contribution >= 0.6 is 11.6 Å². The minimum Gasteiger partial charge on any atom is -0.320 e. The van der Waals surface area contributed by atoms with Crippen LogP contribution in [0.4, 0.5) is 4.39 Å². The SMILES string of the molecule is Cc1c(C)c(C)c(C(N)c2ccc(F)cc2Cl)c(C)c1C. The highest BCUT2D eigenvalue weighted by Gasteiger charge is 2.20. The van der Waals surface area contributed by atoms with E-state index in [2.05, 4.69) is 34.6 Å². The lowest BCUT2D eigenvalue weighted by Crippen LogP contribution is -2.17. The first kappa shape index (κ1) is 16.0. The smallest absolute Gasteiger partial charge is 0.124 e. The molecule has 21 heavy (non-hydrogen) atoms. The van der Waals surface area contributed by atoms with Crippen molar-refractivity contribution in [3.8, 4) is 0 Å². The van der Waals surface area contributed by atoms with Crippen molar-refractivity contribution in [3.63, 3.8) is 0 Å². The molecule has 2 aromatic carbocycles. The zero-order valence-electron chi connectivity index (χ0n) is 13.1. The molecule has 1 atom stereocenters. The van der Waals surface area contributed by atoms with Crippen LogP contribution in [-0.4, -0.2) is 0 Å². The van der Waals surface area contributed by atoms with Crippen LogP contribution in [0, 0.1) is 40.4 Å². The molecular formula is C18H21ClFN. The summed E-state index contributed by atoms with van der Waals surface area (Å²) in [7, 11) is 0. The van der Waals surface area contributed by atoms with Gasteiger partial charge in [0, 0.05) is 5.02 Å². The Labute approximate surface area is 130 Å². The van der Waals surface area contributed by atoms with Gasteiger partial charge in [0.25, 0.3) is 0 Å². The Morgan fingerprint density at radius 2 is 1.38 bits per heavy atom. The maximum absolute atomic E-state index is 13.2. The Hall–Kier alpha value is -1.38. The summed E-state index contributed by atoms with van der Waals surface area (Å²) in [6, 6.07) is 4.04. The van der Waals surface area contributed by atoms with Crippen molar-refractivity contribution in [2.75, 3.05) is 0 Å². The summed E-state index contributed by atoms with van der Waals surface area (Å²) in [6.07, 6.45) is 0. The molecule has 0 aliphatic rings. The Kier molecular flexibility index (Phi) is 4.40. The average Bonchev–Trinajstić information content (AvgIpc) is 2.43. The van der Waals surface area contributed by atoms with Crippen molar-refractivity contribution < 1.29 is 4.39 Å². The van der Waals surface area contributed by atoms with Crippen LogP contribution in [0.25, 0.3) is 0 Å². The number of benzene rings is 2. The van der Waals surface area contributed by atoms with Crippen LogP contribution < -0.4 is 5.73 Å². The summed E-state index contributed by atoms with van der Waals surface area (Å²) < 4.78 is 13.2. The van der Waals surface area contributed by atoms with E-state index in [1.807, 2.05) is 0 Å². The second kappa shape index (κ2) is 5.78. The maximum Gasteiger partial charge on any atom is 0.124 e. The van der Waals surface area contributed by atoms with Crippen molar-refractivity contribution in [1.29, 1.82) is 0 Å². The highest BCUT2D eigenvalue weighted by molar-refractivity contribution is 6.31. The molecule has 0 aromatic heterocycles. The molecule has 2 N–H and O–H groups in total. The van der Waals surface area contributed by atoms with Crippen LogP contribution in [0.3, 0.4) is 0 Å². The van der Waals surface area contributed by atoms with E-state index in [-0.39, 0.29) is 11.9 Å². The van der Waals surface area contributed by atoms with E-state index in [1.165, 1.54) is 39.9 Å². The summed E-state index contributed by atoms with van der Waals surface area (Å²) in [5.74, 6) is -0.347. The van der Waals surface area contributed by atoms with Crippen LogP contribution in [0.15, 0.2) is 18.2 Å². The number of hydrogen-bond donors (Lipinski definition) is 1. The Balaban J connectivity index is 2.66. The van der Waals surface area contributed by atoms with E-state index >= 15 is 0 Å². The van der Waals surface area contributed by atoms with E-state index in [9.17, 15) is 4.39 Å². The zero-order chi connectivity index (χ0) is 15.9. The van der Waals surface area contributed by atoms with E-state index in [0.717, 1.165) is 11.1 Å². The van der Waals surface area contributed by atoms with Gasteiger partial charge < -0.3 is 5.73 Å². The molecule has 0 saturated heterocycles. The summed E-state index contributed by atoms with van der Waals surface area (Å²) in [5, 5.41) is 0.372. The minimum atomic E-state index is -0.351. The molecule has 0 aliphatic heterocycles. The van der Waals surface area contributed by atoms with Gasteiger partial charge in [-0.2, -0.15) is 0 Å². The molecule has 1 unspecified atom stereocenters. The van der Waals surface area contributed by atoms with Crippen LogP contribution in [0.1, 0.15) is 45.0 Å². The minimum absolute atomic E-state index is 0.347. The fourth-order valence-electron chi connectivity index (χ4n) is 2.90. The summed E-state index contributed by atoms with van der Waals surface area (Å²) in [4.78, 5) is 0. The molecule has 0 fully saturated rings. The molecule has 0 radical (unpaired) electrons. The Morgan fingerprint density at radius 3 is 1.86 bits per heavy atom. The predicted molar refractivity (Wildman–Crippen MR) is 87.6 cm³/mol. The van der Waals surface area contributed by atoms with Crippen molar-refractivity contribution in [3.05, 3.63) is 68.0 Å². The lowest BCUT2D eigenvalue weighted by atomic mass is 9.84. The van der Waals surface area contributed by atoms with Crippen molar-refractivity contribution in [2.24, 2.45) is 5.73 Å².